The first kappa shape index (κ1) is 15.8. The van der Waals surface area contributed by atoms with Crippen LogP contribution in [0, 0.1) is 5.92 Å². The number of hydrogen-bond donors (Lipinski definition) is 2. The van der Waals surface area contributed by atoms with Crippen molar-refractivity contribution in [3.05, 3.63) is 42.0 Å². The third kappa shape index (κ3) is 3.03. The summed E-state index contributed by atoms with van der Waals surface area (Å²) in [5.74, 6) is -1.30. The highest BCUT2D eigenvalue weighted by atomic mass is 16.5. The smallest absolute Gasteiger partial charge is 0.326 e. The van der Waals surface area contributed by atoms with Gasteiger partial charge in [0.25, 0.3) is 5.91 Å². The fraction of sp³-hybridized carbons (Fsp3) is 0.294. The van der Waals surface area contributed by atoms with Gasteiger partial charge in [0.2, 0.25) is 0 Å². The van der Waals surface area contributed by atoms with Gasteiger partial charge in [-0.2, -0.15) is 0 Å². The molecule has 2 aromatic rings. The Morgan fingerprint density at radius 2 is 1.82 bits per heavy atom. The van der Waals surface area contributed by atoms with Gasteiger partial charge in [-0.05, 0) is 22.8 Å². The molecule has 2 aromatic carbocycles. The van der Waals surface area contributed by atoms with Crippen molar-refractivity contribution in [1.29, 1.82) is 0 Å². The first-order valence-electron chi connectivity index (χ1n) is 7.05. The molecule has 0 aliphatic rings. The summed E-state index contributed by atoms with van der Waals surface area (Å²) >= 11 is 0. The van der Waals surface area contributed by atoms with E-state index < -0.39 is 17.9 Å². The summed E-state index contributed by atoms with van der Waals surface area (Å²) in [6, 6.07) is 10.0. The molecule has 0 fully saturated rings. The SMILES string of the molecule is COc1ccc2ccccc2c1C(=O)NC(C(=O)O)C(C)C. The number of methoxy groups -OCH3 is 1. The number of carboxylic acids is 1. The van der Waals surface area contributed by atoms with E-state index in [2.05, 4.69) is 5.32 Å². The van der Waals surface area contributed by atoms with Gasteiger partial charge in [0.05, 0.1) is 12.7 Å². The summed E-state index contributed by atoms with van der Waals surface area (Å²) in [6.45, 7) is 3.50. The fourth-order valence-electron chi connectivity index (χ4n) is 2.38. The molecule has 2 N–H and O–H groups in total. The number of amides is 1. The highest BCUT2D eigenvalue weighted by Crippen LogP contribution is 2.28. The lowest BCUT2D eigenvalue weighted by Crippen LogP contribution is -2.44. The molecule has 0 bridgehead atoms. The summed E-state index contributed by atoms with van der Waals surface area (Å²) in [5.41, 5.74) is 0.354. The Morgan fingerprint density at radius 1 is 1.14 bits per heavy atom. The number of aliphatic carboxylic acids is 1. The van der Waals surface area contributed by atoms with E-state index in [1.165, 1.54) is 7.11 Å². The second-order valence-electron chi connectivity index (χ2n) is 5.40. The molecule has 116 valence electrons. The van der Waals surface area contributed by atoms with Gasteiger partial charge in [0.15, 0.2) is 0 Å². The molecule has 0 aromatic heterocycles. The monoisotopic (exact) mass is 301 g/mol. The summed E-state index contributed by atoms with van der Waals surface area (Å²) in [6.07, 6.45) is 0. The van der Waals surface area contributed by atoms with Crippen LogP contribution in [0.1, 0.15) is 24.2 Å². The van der Waals surface area contributed by atoms with E-state index >= 15 is 0 Å². The zero-order chi connectivity index (χ0) is 16.3. The molecule has 2 rings (SSSR count). The molecule has 0 radical (unpaired) electrons. The van der Waals surface area contributed by atoms with Crippen molar-refractivity contribution in [1.82, 2.24) is 5.32 Å². The quantitative estimate of drug-likeness (QED) is 0.890. The van der Waals surface area contributed by atoms with Crippen LogP contribution in [0.4, 0.5) is 0 Å². The van der Waals surface area contributed by atoms with Crippen molar-refractivity contribution in [2.75, 3.05) is 7.11 Å². The van der Waals surface area contributed by atoms with Crippen LogP contribution in [0.3, 0.4) is 0 Å². The number of hydrogen-bond acceptors (Lipinski definition) is 3. The number of carbonyl (C=O) groups is 2. The number of benzene rings is 2. The molecule has 0 aliphatic carbocycles. The normalized spacial score (nSPS) is 12.2. The summed E-state index contributed by atoms with van der Waals surface area (Å²) in [4.78, 5) is 23.9. The van der Waals surface area contributed by atoms with Crippen LogP contribution in [0.2, 0.25) is 0 Å². The van der Waals surface area contributed by atoms with Gasteiger partial charge in [-0.1, -0.05) is 44.2 Å². The van der Waals surface area contributed by atoms with Gasteiger partial charge < -0.3 is 15.2 Å². The highest BCUT2D eigenvalue weighted by Gasteiger charge is 2.26. The van der Waals surface area contributed by atoms with E-state index in [0.29, 0.717) is 11.3 Å². The highest BCUT2D eigenvalue weighted by molar-refractivity contribution is 6.10. The molecular weight excluding hydrogens is 282 g/mol. The molecule has 1 unspecified atom stereocenters. The lowest BCUT2D eigenvalue weighted by atomic mass is 10.0. The lowest BCUT2D eigenvalue weighted by molar-refractivity contribution is -0.140. The minimum atomic E-state index is -1.05. The number of rotatable bonds is 5. The second-order valence-corrected chi connectivity index (χ2v) is 5.40. The number of fused-ring (bicyclic) bond motifs is 1. The predicted octanol–water partition coefficient (Wildman–Crippen LogP) is 2.69. The van der Waals surface area contributed by atoms with Crippen LogP contribution < -0.4 is 10.1 Å². The predicted molar refractivity (Wildman–Crippen MR) is 84.2 cm³/mol. The minimum Gasteiger partial charge on any atom is -0.496 e. The van der Waals surface area contributed by atoms with Crippen molar-refractivity contribution in [3.63, 3.8) is 0 Å². The number of ether oxygens (including phenoxy) is 1. The van der Waals surface area contributed by atoms with Gasteiger partial charge in [-0.25, -0.2) is 4.79 Å². The topological polar surface area (TPSA) is 75.6 Å². The Kier molecular flexibility index (Phi) is 4.65. The molecule has 5 heteroatoms. The Labute approximate surface area is 128 Å². The fourth-order valence-corrected chi connectivity index (χ4v) is 2.38. The summed E-state index contributed by atoms with van der Waals surface area (Å²) in [5, 5.41) is 13.4. The summed E-state index contributed by atoms with van der Waals surface area (Å²) < 4.78 is 5.27. The first-order valence-corrected chi connectivity index (χ1v) is 7.05. The zero-order valence-corrected chi connectivity index (χ0v) is 12.8. The van der Waals surface area contributed by atoms with Gasteiger partial charge >= 0.3 is 5.97 Å². The third-order valence-corrected chi connectivity index (χ3v) is 3.56. The van der Waals surface area contributed by atoms with E-state index in [4.69, 9.17) is 4.74 Å². The number of carboxylic acid groups (broad SMARTS) is 1. The van der Waals surface area contributed by atoms with Crippen LogP contribution in [-0.2, 0) is 4.79 Å². The first-order chi connectivity index (χ1) is 10.5. The van der Waals surface area contributed by atoms with Crippen LogP contribution >= 0.6 is 0 Å². The molecule has 1 atom stereocenters. The van der Waals surface area contributed by atoms with Gasteiger partial charge in [-0.15, -0.1) is 0 Å². The Balaban J connectivity index is 2.48. The van der Waals surface area contributed by atoms with Crippen LogP contribution in [-0.4, -0.2) is 30.1 Å². The van der Waals surface area contributed by atoms with Crippen LogP contribution in [0.5, 0.6) is 5.75 Å². The second kappa shape index (κ2) is 6.47. The maximum atomic E-state index is 12.6. The average molecular weight is 301 g/mol. The molecular formula is C17H19NO4. The zero-order valence-electron chi connectivity index (χ0n) is 12.8. The van der Waals surface area contributed by atoms with Crippen LogP contribution in [0.25, 0.3) is 10.8 Å². The standard InChI is InChI=1S/C17H19NO4/c1-10(2)15(17(20)21)18-16(19)14-12-7-5-4-6-11(12)8-9-13(14)22-3/h4-10,15H,1-3H3,(H,18,19)(H,20,21). The molecule has 5 nitrogen and oxygen atoms in total. The third-order valence-electron chi connectivity index (χ3n) is 3.56. The Bertz CT molecular complexity index is 709. The van der Waals surface area contributed by atoms with E-state index in [-0.39, 0.29) is 5.92 Å². The van der Waals surface area contributed by atoms with Crippen molar-refractivity contribution >= 4 is 22.6 Å². The molecule has 0 saturated heterocycles. The van der Waals surface area contributed by atoms with Gasteiger partial charge in [0.1, 0.15) is 11.8 Å². The van der Waals surface area contributed by atoms with Crippen molar-refractivity contribution < 1.29 is 19.4 Å². The molecule has 0 aliphatic heterocycles. The molecule has 22 heavy (non-hydrogen) atoms. The van der Waals surface area contributed by atoms with Crippen molar-refractivity contribution in [2.45, 2.75) is 19.9 Å². The van der Waals surface area contributed by atoms with E-state index in [1.54, 1.807) is 19.9 Å². The van der Waals surface area contributed by atoms with Gasteiger partial charge in [-0.3, -0.25) is 4.79 Å². The Morgan fingerprint density at radius 3 is 2.41 bits per heavy atom. The number of nitrogens with one attached hydrogen (secondary N) is 1. The summed E-state index contributed by atoms with van der Waals surface area (Å²) in [7, 11) is 1.48. The lowest BCUT2D eigenvalue weighted by Gasteiger charge is -2.19. The molecule has 1 amide bonds. The largest absolute Gasteiger partial charge is 0.496 e. The van der Waals surface area contributed by atoms with E-state index in [1.807, 2.05) is 30.3 Å². The van der Waals surface area contributed by atoms with Crippen LogP contribution in [0.15, 0.2) is 36.4 Å². The number of carbonyl (C=O) groups excluding carboxylic acids is 1. The van der Waals surface area contributed by atoms with E-state index in [9.17, 15) is 14.7 Å². The average Bonchev–Trinajstić information content (AvgIpc) is 2.50. The molecule has 0 heterocycles. The minimum absolute atomic E-state index is 0.220. The maximum absolute atomic E-state index is 12.6. The van der Waals surface area contributed by atoms with E-state index in [0.717, 1.165) is 10.8 Å². The van der Waals surface area contributed by atoms with Crippen molar-refractivity contribution in [3.8, 4) is 5.75 Å². The molecule has 0 saturated carbocycles. The Hall–Kier alpha value is -2.56. The van der Waals surface area contributed by atoms with Crippen molar-refractivity contribution in [2.24, 2.45) is 5.92 Å². The molecule has 0 spiro atoms. The maximum Gasteiger partial charge on any atom is 0.326 e. The van der Waals surface area contributed by atoms with Gasteiger partial charge in [0, 0.05) is 0 Å².